The quantitative estimate of drug-likeness (QED) is 0.784. The molecule has 0 bridgehead atoms. The molecule has 2 heterocycles. The molecule has 0 aliphatic heterocycles. The average molecular weight is 298 g/mol. The van der Waals surface area contributed by atoms with E-state index in [1.807, 2.05) is 0 Å². The van der Waals surface area contributed by atoms with Crippen LogP contribution in [0.5, 0.6) is 11.5 Å². The van der Waals surface area contributed by atoms with Gasteiger partial charge in [-0.25, -0.2) is 9.78 Å². The van der Waals surface area contributed by atoms with Gasteiger partial charge in [0.1, 0.15) is 29.4 Å². The van der Waals surface area contributed by atoms with E-state index in [1.165, 1.54) is 6.07 Å². The number of benzene rings is 1. The van der Waals surface area contributed by atoms with E-state index < -0.39 is 5.97 Å². The second-order valence-electron chi connectivity index (χ2n) is 4.62. The molecule has 0 aliphatic rings. The molecule has 1 aromatic carbocycles. The fraction of sp³-hybridized carbons (Fsp3) is 0.125. The molecule has 1 N–H and O–H groups in total. The molecule has 0 saturated carbocycles. The van der Waals surface area contributed by atoms with E-state index in [9.17, 15) is 9.90 Å². The lowest BCUT2D eigenvalue weighted by molar-refractivity contribution is 0.0688. The number of fused-ring (bicyclic) bond motifs is 1. The van der Waals surface area contributed by atoms with E-state index in [0.717, 1.165) is 5.75 Å². The van der Waals surface area contributed by atoms with Gasteiger partial charge in [-0.3, -0.25) is 4.40 Å². The molecule has 6 nitrogen and oxygen atoms in total. The predicted molar refractivity (Wildman–Crippen MR) is 79.5 cm³/mol. The molecule has 3 aromatic rings. The summed E-state index contributed by atoms with van der Waals surface area (Å²) in [5.41, 5.74) is 1.40. The average Bonchev–Trinajstić information content (AvgIpc) is 2.96. The van der Waals surface area contributed by atoms with Gasteiger partial charge in [-0.15, -0.1) is 0 Å². The van der Waals surface area contributed by atoms with E-state index in [-0.39, 0.29) is 12.3 Å². The van der Waals surface area contributed by atoms with E-state index >= 15 is 0 Å². The minimum Gasteiger partial charge on any atom is -0.497 e. The second kappa shape index (κ2) is 5.77. The summed E-state index contributed by atoms with van der Waals surface area (Å²) >= 11 is 0. The standard InChI is InChI=1S/C16H14N2O4/c1-21-12-5-7-13(8-6-12)22-10-11-9-17-15-4-2-3-14(16(19)20)18(11)15/h2-9H,10H2,1H3,(H,19,20). The molecule has 2 aromatic heterocycles. The van der Waals surface area contributed by atoms with Crippen molar-refractivity contribution in [2.75, 3.05) is 7.11 Å². The molecule has 0 saturated heterocycles. The first-order chi connectivity index (χ1) is 10.7. The van der Waals surface area contributed by atoms with Crippen LogP contribution >= 0.6 is 0 Å². The minimum absolute atomic E-state index is 0.156. The van der Waals surface area contributed by atoms with E-state index in [0.29, 0.717) is 17.1 Å². The summed E-state index contributed by atoms with van der Waals surface area (Å²) in [5, 5.41) is 9.27. The number of carbonyl (C=O) groups is 1. The fourth-order valence-electron chi connectivity index (χ4n) is 2.20. The van der Waals surface area contributed by atoms with Crippen LogP contribution in [-0.4, -0.2) is 27.6 Å². The normalized spacial score (nSPS) is 10.6. The smallest absolute Gasteiger partial charge is 0.352 e. The number of carboxylic acid groups (broad SMARTS) is 1. The Hall–Kier alpha value is -3.02. The summed E-state index contributed by atoms with van der Waals surface area (Å²) in [7, 11) is 1.60. The van der Waals surface area contributed by atoms with Gasteiger partial charge in [0.15, 0.2) is 0 Å². The number of pyridine rings is 1. The molecule has 0 spiro atoms. The molecule has 0 unspecified atom stereocenters. The maximum absolute atomic E-state index is 11.3. The largest absolute Gasteiger partial charge is 0.497 e. The molecule has 112 valence electrons. The number of nitrogens with zero attached hydrogens (tertiary/aromatic N) is 2. The molecular formula is C16H14N2O4. The molecule has 22 heavy (non-hydrogen) atoms. The highest BCUT2D eigenvalue weighted by Gasteiger charge is 2.12. The number of aromatic nitrogens is 2. The molecule has 0 atom stereocenters. The van der Waals surface area contributed by atoms with Crippen molar-refractivity contribution in [2.45, 2.75) is 6.61 Å². The van der Waals surface area contributed by atoms with E-state index in [1.54, 1.807) is 54.1 Å². The Balaban J connectivity index is 1.86. The van der Waals surface area contributed by atoms with Crippen molar-refractivity contribution in [1.82, 2.24) is 9.38 Å². The monoisotopic (exact) mass is 298 g/mol. The summed E-state index contributed by atoms with van der Waals surface area (Å²) < 4.78 is 12.3. The Kier molecular flexibility index (Phi) is 3.65. The molecule has 0 amide bonds. The van der Waals surface area contributed by atoms with Crippen molar-refractivity contribution < 1.29 is 19.4 Å². The van der Waals surface area contributed by atoms with E-state index in [2.05, 4.69) is 4.98 Å². The number of methoxy groups -OCH3 is 1. The highest BCUT2D eigenvalue weighted by atomic mass is 16.5. The van der Waals surface area contributed by atoms with Crippen molar-refractivity contribution in [3.8, 4) is 11.5 Å². The minimum atomic E-state index is -1.01. The lowest BCUT2D eigenvalue weighted by Crippen LogP contribution is -2.08. The van der Waals surface area contributed by atoms with Crippen LogP contribution in [0.2, 0.25) is 0 Å². The van der Waals surface area contributed by atoms with Crippen molar-refractivity contribution in [3.05, 3.63) is 60.0 Å². The fourth-order valence-corrected chi connectivity index (χ4v) is 2.20. The number of ether oxygens (including phenoxy) is 2. The van der Waals surface area contributed by atoms with Gasteiger partial charge in [0.25, 0.3) is 0 Å². The second-order valence-corrected chi connectivity index (χ2v) is 4.62. The Labute approximate surface area is 126 Å². The van der Waals surface area contributed by atoms with Crippen LogP contribution in [0.3, 0.4) is 0 Å². The van der Waals surface area contributed by atoms with Crippen molar-refractivity contribution in [2.24, 2.45) is 0 Å². The van der Waals surface area contributed by atoms with Crippen LogP contribution in [0.25, 0.3) is 5.65 Å². The van der Waals surface area contributed by atoms with Crippen LogP contribution in [0, 0.1) is 0 Å². The first kappa shape index (κ1) is 13.9. The van der Waals surface area contributed by atoms with Crippen molar-refractivity contribution in [3.63, 3.8) is 0 Å². The Bertz CT molecular complexity index is 809. The lowest BCUT2D eigenvalue weighted by Gasteiger charge is -2.08. The predicted octanol–water partition coefficient (Wildman–Crippen LogP) is 2.62. The molecule has 6 heteroatoms. The first-order valence-electron chi connectivity index (χ1n) is 6.64. The maximum Gasteiger partial charge on any atom is 0.352 e. The van der Waals surface area contributed by atoms with Gasteiger partial charge in [0, 0.05) is 0 Å². The van der Waals surface area contributed by atoms with Crippen LogP contribution in [-0.2, 0) is 6.61 Å². The van der Waals surface area contributed by atoms with Crippen molar-refractivity contribution >= 4 is 11.6 Å². The molecule has 0 radical (unpaired) electrons. The zero-order valence-electron chi connectivity index (χ0n) is 11.9. The topological polar surface area (TPSA) is 73.1 Å². The third kappa shape index (κ3) is 2.58. The number of aromatic carboxylic acids is 1. The number of imidazole rings is 1. The van der Waals surface area contributed by atoms with E-state index in [4.69, 9.17) is 9.47 Å². The Morgan fingerprint density at radius 1 is 1.18 bits per heavy atom. The zero-order chi connectivity index (χ0) is 15.5. The summed E-state index contributed by atoms with van der Waals surface area (Å²) in [5.74, 6) is 0.410. The summed E-state index contributed by atoms with van der Waals surface area (Å²) in [4.78, 5) is 15.5. The molecular weight excluding hydrogens is 284 g/mol. The van der Waals surface area contributed by atoms with Crippen LogP contribution in [0.1, 0.15) is 16.2 Å². The molecule has 3 rings (SSSR count). The van der Waals surface area contributed by atoms with Crippen LogP contribution in [0.15, 0.2) is 48.7 Å². The first-order valence-corrected chi connectivity index (χ1v) is 6.64. The summed E-state index contributed by atoms with van der Waals surface area (Å²) in [6, 6.07) is 12.1. The zero-order valence-corrected chi connectivity index (χ0v) is 11.9. The summed E-state index contributed by atoms with van der Waals surface area (Å²) in [6.45, 7) is 0.220. The van der Waals surface area contributed by atoms with Crippen LogP contribution < -0.4 is 9.47 Å². The lowest BCUT2D eigenvalue weighted by atomic mass is 10.3. The summed E-state index contributed by atoms with van der Waals surface area (Å²) in [6.07, 6.45) is 1.62. The van der Waals surface area contributed by atoms with Gasteiger partial charge in [0.2, 0.25) is 0 Å². The maximum atomic E-state index is 11.3. The number of carboxylic acids is 1. The highest BCUT2D eigenvalue weighted by Crippen LogP contribution is 2.19. The third-order valence-corrected chi connectivity index (χ3v) is 3.27. The van der Waals surface area contributed by atoms with Gasteiger partial charge in [0.05, 0.1) is 19.0 Å². The van der Waals surface area contributed by atoms with Gasteiger partial charge in [-0.2, -0.15) is 0 Å². The van der Waals surface area contributed by atoms with Gasteiger partial charge < -0.3 is 14.6 Å². The van der Waals surface area contributed by atoms with Gasteiger partial charge >= 0.3 is 5.97 Å². The van der Waals surface area contributed by atoms with Gasteiger partial charge in [-0.1, -0.05) is 6.07 Å². The number of rotatable bonds is 5. The Morgan fingerprint density at radius 3 is 2.59 bits per heavy atom. The number of hydrogen-bond donors (Lipinski definition) is 1. The SMILES string of the molecule is COc1ccc(OCc2cnc3cccc(C(=O)O)n23)cc1. The molecule has 0 fully saturated rings. The highest BCUT2D eigenvalue weighted by molar-refractivity contribution is 5.86. The molecule has 0 aliphatic carbocycles. The third-order valence-electron chi connectivity index (χ3n) is 3.27. The van der Waals surface area contributed by atoms with Crippen LogP contribution in [0.4, 0.5) is 0 Å². The Morgan fingerprint density at radius 2 is 1.91 bits per heavy atom. The van der Waals surface area contributed by atoms with Gasteiger partial charge in [-0.05, 0) is 36.4 Å². The van der Waals surface area contributed by atoms with Crippen molar-refractivity contribution in [1.29, 1.82) is 0 Å². The number of hydrogen-bond acceptors (Lipinski definition) is 4.